The molecule has 3 rings (SSSR count). The van der Waals surface area contributed by atoms with Crippen LogP contribution in [0.3, 0.4) is 0 Å². The first kappa shape index (κ1) is 20.2. The van der Waals surface area contributed by atoms with E-state index in [1.165, 1.54) is 0 Å². The molecule has 1 aromatic heterocycles. The van der Waals surface area contributed by atoms with Gasteiger partial charge in [0.05, 0.1) is 12.1 Å². The second-order valence-corrected chi connectivity index (χ2v) is 8.10. The molecule has 1 amide bonds. The van der Waals surface area contributed by atoms with Crippen LogP contribution < -0.4 is 10.6 Å². The van der Waals surface area contributed by atoms with E-state index in [9.17, 15) is 4.79 Å². The number of nitrogens with zero attached hydrogens (tertiary/aromatic N) is 2. The van der Waals surface area contributed by atoms with E-state index in [2.05, 4.69) is 36.5 Å². The van der Waals surface area contributed by atoms with Crippen molar-refractivity contribution in [3.8, 4) is 0 Å². The molecule has 2 aliphatic heterocycles. The third kappa shape index (κ3) is 5.19. The Balaban J connectivity index is 0.00000225. The predicted octanol–water partition coefficient (Wildman–Crippen LogP) is 2.55. The second kappa shape index (κ2) is 8.52. The first-order chi connectivity index (χ1) is 11.4. The van der Waals surface area contributed by atoms with Crippen LogP contribution in [-0.2, 0) is 4.74 Å². The van der Waals surface area contributed by atoms with E-state index in [-0.39, 0.29) is 35.9 Å². The van der Waals surface area contributed by atoms with Crippen molar-refractivity contribution in [2.24, 2.45) is 5.41 Å². The highest BCUT2D eigenvalue weighted by Crippen LogP contribution is 2.29. The number of rotatable bonds is 3. The molecule has 3 unspecified atom stereocenters. The van der Waals surface area contributed by atoms with Crippen molar-refractivity contribution in [1.82, 2.24) is 20.4 Å². The third-order valence-corrected chi connectivity index (χ3v) is 5.07. The Morgan fingerprint density at radius 1 is 1.40 bits per heavy atom. The predicted molar refractivity (Wildman–Crippen MR) is 100 cm³/mol. The fraction of sp³-hybridized carbons (Fsp3) is 0.778. The van der Waals surface area contributed by atoms with E-state index < -0.39 is 0 Å². The monoisotopic (exact) mass is 370 g/mol. The summed E-state index contributed by atoms with van der Waals surface area (Å²) in [6.07, 6.45) is 6.11. The summed E-state index contributed by atoms with van der Waals surface area (Å²) in [5, 5.41) is 11.0. The highest BCUT2D eigenvalue weighted by atomic mass is 35.5. The second-order valence-electron chi connectivity index (χ2n) is 8.10. The molecule has 25 heavy (non-hydrogen) atoms. The molecule has 2 N–H and O–H groups in total. The smallest absolute Gasteiger partial charge is 0.271 e. The van der Waals surface area contributed by atoms with Crippen LogP contribution >= 0.6 is 12.4 Å². The Labute approximate surface area is 156 Å². The summed E-state index contributed by atoms with van der Waals surface area (Å²) in [6, 6.07) is 2.34. The standard InChI is InChI=1S/C18H30N4O2.ClH/c1-18(2,3)16-11-13(7-10-24-16)20-17(23)15-6-9-22(21-15)14-5-4-8-19-12-14;/h6,9,13-14,16,19H,4-5,7-8,10-12H2,1-3H3,(H,20,23);1H. The number of amides is 1. The van der Waals surface area contributed by atoms with Gasteiger partial charge in [0, 0.05) is 25.4 Å². The minimum Gasteiger partial charge on any atom is -0.378 e. The minimum atomic E-state index is -0.0722. The van der Waals surface area contributed by atoms with Gasteiger partial charge in [0.15, 0.2) is 0 Å². The Hall–Kier alpha value is -1.11. The normalized spacial score (nSPS) is 27.4. The lowest BCUT2D eigenvalue weighted by Crippen LogP contribution is -2.45. The lowest BCUT2D eigenvalue weighted by atomic mass is 9.83. The lowest BCUT2D eigenvalue weighted by Gasteiger charge is -2.37. The third-order valence-electron chi connectivity index (χ3n) is 5.07. The molecule has 7 heteroatoms. The number of carbonyl (C=O) groups is 1. The molecule has 0 bridgehead atoms. The highest BCUT2D eigenvalue weighted by molar-refractivity contribution is 5.92. The summed E-state index contributed by atoms with van der Waals surface area (Å²) >= 11 is 0. The van der Waals surface area contributed by atoms with E-state index in [4.69, 9.17) is 4.74 Å². The first-order valence-electron chi connectivity index (χ1n) is 9.12. The average molecular weight is 371 g/mol. The molecule has 0 aromatic carbocycles. The fourth-order valence-corrected chi connectivity index (χ4v) is 3.51. The van der Waals surface area contributed by atoms with Crippen molar-refractivity contribution in [2.45, 2.75) is 64.6 Å². The maximum absolute atomic E-state index is 12.5. The molecule has 2 aliphatic rings. The molecule has 0 radical (unpaired) electrons. The summed E-state index contributed by atoms with van der Waals surface area (Å²) < 4.78 is 7.80. The largest absolute Gasteiger partial charge is 0.378 e. The Morgan fingerprint density at radius 3 is 2.88 bits per heavy atom. The van der Waals surface area contributed by atoms with Gasteiger partial charge in [0.25, 0.3) is 5.91 Å². The Kier molecular flexibility index (Phi) is 6.88. The van der Waals surface area contributed by atoms with Gasteiger partial charge in [-0.25, -0.2) is 0 Å². The summed E-state index contributed by atoms with van der Waals surface area (Å²) in [5.41, 5.74) is 0.609. The number of carbonyl (C=O) groups excluding carboxylic acids is 1. The van der Waals surface area contributed by atoms with Crippen molar-refractivity contribution >= 4 is 18.3 Å². The minimum absolute atomic E-state index is 0. The number of halogens is 1. The summed E-state index contributed by atoms with van der Waals surface area (Å²) in [4.78, 5) is 12.5. The van der Waals surface area contributed by atoms with E-state index in [1.807, 2.05) is 16.9 Å². The van der Waals surface area contributed by atoms with Crippen LogP contribution in [0.15, 0.2) is 12.3 Å². The molecule has 142 valence electrons. The molecule has 0 aliphatic carbocycles. The van der Waals surface area contributed by atoms with E-state index in [0.29, 0.717) is 18.3 Å². The average Bonchev–Trinajstić information content (AvgIpc) is 3.05. The summed E-state index contributed by atoms with van der Waals surface area (Å²) in [7, 11) is 0. The van der Waals surface area contributed by atoms with Gasteiger partial charge < -0.3 is 15.4 Å². The molecule has 1 aromatic rings. The van der Waals surface area contributed by atoms with Crippen molar-refractivity contribution in [2.75, 3.05) is 19.7 Å². The van der Waals surface area contributed by atoms with Crippen LogP contribution in [0.5, 0.6) is 0 Å². The molecule has 0 saturated carbocycles. The van der Waals surface area contributed by atoms with Crippen molar-refractivity contribution in [3.63, 3.8) is 0 Å². The van der Waals surface area contributed by atoms with Gasteiger partial charge in [-0.05, 0) is 43.7 Å². The number of aromatic nitrogens is 2. The first-order valence-corrected chi connectivity index (χ1v) is 9.12. The summed E-state index contributed by atoms with van der Waals surface area (Å²) in [5.74, 6) is -0.0722. The van der Waals surface area contributed by atoms with Crippen LogP contribution in [-0.4, -0.2) is 47.5 Å². The Bertz CT molecular complexity index is 564. The quantitative estimate of drug-likeness (QED) is 0.858. The zero-order valence-corrected chi connectivity index (χ0v) is 16.3. The van der Waals surface area contributed by atoms with Crippen LogP contribution in [0, 0.1) is 5.41 Å². The van der Waals surface area contributed by atoms with Gasteiger partial charge in [0.1, 0.15) is 5.69 Å². The van der Waals surface area contributed by atoms with E-state index in [1.54, 1.807) is 0 Å². The maximum atomic E-state index is 12.5. The summed E-state index contributed by atoms with van der Waals surface area (Å²) in [6.45, 7) is 9.25. The molecule has 2 saturated heterocycles. The zero-order valence-electron chi connectivity index (χ0n) is 15.5. The van der Waals surface area contributed by atoms with Crippen LogP contribution in [0.25, 0.3) is 0 Å². The number of ether oxygens (including phenoxy) is 1. The number of nitrogens with one attached hydrogen (secondary N) is 2. The van der Waals surface area contributed by atoms with Gasteiger partial charge in [0.2, 0.25) is 0 Å². The number of hydrogen-bond acceptors (Lipinski definition) is 4. The van der Waals surface area contributed by atoms with E-state index in [0.717, 1.165) is 38.8 Å². The molecule has 3 atom stereocenters. The molecule has 0 spiro atoms. The number of piperidine rings is 1. The molecule has 2 fully saturated rings. The van der Waals surface area contributed by atoms with Crippen LogP contribution in [0.1, 0.15) is 63.0 Å². The van der Waals surface area contributed by atoms with Crippen LogP contribution in [0.4, 0.5) is 0 Å². The van der Waals surface area contributed by atoms with Crippen molar-refractivity contribution < 1.29 is 9.53 Å². The molecular weight excluding hydrogens is 340 g/mol. The van der Waals surface area contributed by atoms with Gasteiger partial charge in [-0.15, -0.1) is 12.4 Å². The molecule has 3 heterocycles. The van der Waals surface area contributed by atoms with Crippen molar-refractivity contribution in [3.05, 3.63) is 18.0 Å². The fourth-order valence-electron chi connectivity index (χ4n) is 3.51. The maximum Gasteiger partial charge on any atom is 0.271 e. The molecule has 6 nitrogen and oxygen atoms in total. The van der Waals surface area contributed by atoms with Crippen LogP contribution in [0.2, 0.25) is 0 Å². The molecular formula is C18H31ClN4O2. The zero-order chi connectivity index (χ0) is 17.2. The number of hydrogen-bond donors (Lipinski definition) is 2. The van der Waals surface area contributed by atoms with Gasteiger partial charge in [-0.2, -0.15) is 5.10 Å². The highest BCUT2D eigenvalue weighted by Gasteiger charge is 2.32. The Morgan fingerprint density at radius 2 is 2.20 bits per heavy atom. The van der Waals surface area contributed by atoms with E-state index >= 15 is 0 Å². The van der Waals surface area contributed by atoms with Crippen molar-refractivity contribution in [1.29, 1.82) is 0 Å². The lowest BCUT2D eigenvalue weighted by molar-refractivity contribution is -0.0569. The SMILES string of the molecule is CC(C)(C)C1CC(NC(=O)c2ccn(C3CCCNC3)n2)CCO1.Cl. The van der Waals surface area contributed by atoms with Gasteiger partial charge in [-0.1, -0.05) is 20.8 Å². The topological polar surface area (TPSA) is 68.2 Å². The van der Waals surface area contributed by atoms with Gasteiger partial charge >= 0.3 is 0 Å². The van der Waals surface area contributed by atoms with Gasteiger partial charge in [-0.3, -0.25) is 9.48 Å².